The summed E-state index contributed by atoms with van der Waals surface area (Å²) in [6.07, 6.45) is 10.2. The molecule has 0 radical (unpaired) electrons. The van der Waals surface area contributed by atoms with E-state index in [2.05, 4.69) is 10.2 Å². The molecule has 15 heavy (non-hydrogen) atoms. The van der Waals surface area contributed by atoms with E-state index in [1.807, 2.05) is 0 Å². The minimum absolute atomic E-state index is 0.810. The second kappa shape index (κ2) is 4.42. The van der Waals surface area contributed by atoms with E-state index >= 15 is 0 Å². The third-order valence-corrected chi connectivity index (χ3v) is 4.40. The molecular weight excluding hydrogens is 184 g/mol. The van der Waals surface area contributed by atoms with Gasteiger partial charge in [0.2, 0.25) is 0 Å². The Morgan fingerprint density at radius 3 is 2.33 bits per heavy atom. The van der Waals surface area contributed by atoms with Crippen LogP contribution in [0.3, 0.4) is 0 Å². The minimum atomic E-state index is 0.810. The van der Waals surface area contributed by atoms with E-state index in [-0.39, 0.29) is 0 Å². The van der Waals surface area contributed by atoms with Gasteiger partial charge in [0.05, 0.1) is 0 Å². The Labute approximate surface area is 93.4 Å². The van der Waals surface area contributed by atoms with Crippen molar-refractivity contribution in [3.63, 3.8) is 0 Å². The first kappa shape index (κ1) is 10.1. The molecule has 0 bridgehead atoms. The van der Waals surface area contributed by atoms with Crippen LogP contribution in [-0.2, 0) is 0 Å². The molecule has 0 amide bonds. The number of rotatable bonds is 5. The van der Waals surface area contributed by atoms with Crippen LogP contribution in [0.2, 0.25) is 0 Å². The molecule has 2 aliphatic carbocycles. The molecule has 0 aromatic heterocycles. The molecule has 1 atom stereocenters. The second-order valence-corrected chi connectivity index (χ2v) is 5.78. The lowest BCUT2D eigenvalue weighted by Gasteiger charge is -2.39. The van der Waals surface area contributed by atoms with Crippen molar-refractivity contribution in [2.45, 2.75) is 57.0 Å². The Morgan fingerprint density at radius 2 is 1.80 bits per heavy atom. The highest BCUT2D eigenvalue weighted by atomic mass is 15.2. The lowest BCUT2D eigenvalue weighted by molar-refractivity contribution is 0.111. The van der Waals surface area contributed by atoms with Crippen LogP contribution in [0.5, 0.6) is 0 Å². The molecule has 0 aromatic rings. The van der Waals surface area contributed by atoms with E-state index in [0.29, 0.717) is 0 Å². The Balaban J connectivity index is 1.50. The van der Waals surface area contributed by atoms with Gasteiger partial charge in [0.1, 0.15) is 0 Å². The van der Waals surface area contributed by atoms with Gasteiger partial charge in [-0.1, -0.05) is 6.42 Å². The molecule has 1 unspecified atom stereocenters. The lowest BCUT2D eigenvalue weighted by atomic mass is 9.91. The van der Waals surface area contributed by atoms with Gasteiger partial charge in [0, 0.05) is 25.2 Å². The van der Waals surface area contributed by atoms with Gasteiger partial charge in [-0.3, -0.25) is 4.90 Å². The molecule has 3 rings (SSSR count). The van der Waals surface area contributed by atoms with E-state index in [0.717, 1.165) is 18.0 Å². The van der Waals surface area contributed by atoms with Gasteiger partial charge in [-0.05, 0) is 51.0 Å². The molecule has 3 aliphatic rings. The van der Waals surface area contributed by atoms with Crippen LogP contribution in [0.15, 0.2) is 0 Å². The molecule has 1 heterocycles. The molecular formula is C13H24N2. The van der Waals surface area contributed by atoms with Crippen molar-refractivity contribution in [1.29, 1.82) is 0 Å². The van der Waals surface area contributed by atoms with E-state index in [9.17, 15) is 0 Å². The van der Waals surface area contributed by atoms with Crippen LogP contribution in [-0.4, -0.2) is 36.6 Å². The summed E-state index contributed by atoms with van der Waals surface area (Å²) in [6.45, 7) is 4.00. The zero-order valence-electron chi connectivity index (χ0n) is 9.75. The summed E-state index contributed by atoms with van der Waals surface area (Å²) in [6, 6.07) is 1.76. The summed E-state index contributed by atoms with van der Waals surface area (Å²) >= 11 is 0. The third-order valence-electron chi connectivity index (χ3n) is 4.40. The van der Waals surface area contributed by atoms with Crippen molar-refractivity contribution in [1.82, 2.24) is 10.2 Å². The molecule has 1 saturated heterocycles. The van der Waals surface area contributed by atoms with Gasteiger partial charge in [-0.15, -0.1) is 0 Å². The molecule has 2 nitrogen and oxygen atoms in total. The SMILES string of the molecule is C1CNC(CN(CC2CC2)C2CCC2)C1. The maximum atomic E-state index is 3.64. The predicted octanol–water partition coefficient (Wildman–Crippen LogP) is 2.00. The minimum Gasteiger partial charge on any atom is -0.313 e. The number of nitrogens with zero attached hydrogens (tertiary/aromatic N) is 1. The molecule has 0 spiro atoms. The van der Waals surface area contributed by atoms with Crippen molar-refractivity contribution in [2.75, 3.05) is 19.6 Å². The highest BCUT2D eigenvalue weighted by Gasteiger charge is 2.32. The first-order chi connectivity index (χ1) is 7.42. The van der Waals surface area contributed by atoms with Gasteiger partial charge >= 0.3 is 0 Å². The molecule has 1 N–H and O–H groups in total. The topological polar surface area (TPSA) is 15.3 Å². The number of hydrogen-bond acceptors (Lipinski definition) is 2. The Bertz CT molecular complexity index is 203. The second-order valence-electron chi connectivity index (χ2n) is 5.78. The molecule has 3 fully saturated rings. The van der Waals surface area contributed by atoms with Crippen molar-refractivity contribution < 1.29 is 0 Å². The lowest BCUT2D eigenvalue weighted by Crippen LogP contribution is -2.47. The van der Waals surface area contributed by atoms with Gasteiger partial charge in [-0.25, -0.2) is 0 Å². The average molecular weight is 208 g/mol. The largest absolute Gasteiger partial charge is 0.313 e. The zero-order valence-corrected chi connectivity index (χ0v) is 9.75. The van der Waals surface area contributed by atoms with Crippen LogP contribution in [0, 0.1) is 5.92 Å². The van der Waals surface area contributed by atoms with Gasteiger partial charge < -0.3 is 5.32 Å². The highest BCUT2D eigenvalue weighted by Crippen LogP contribution is 2.33. The van der Waals surface area contributed by atoms with Crippen LogP contribution >= 0.6 is 0 Å². The van der Waals surface area contributed by atoms with Crippen LogP contribution < -0.4 is 5.32 Å². The maximum absolute atomic E-state index is 3.64. The van der Waals surface area contributed by atoms with Crippen molar-refractivity contribution >= 4 is 0 Å². The molecule has 86 valence electrons. The number of nitrogens with one attached hydrogen (secondary N) is 1. The first-order valence-corrected chi connectivity index (χ1v) is 6.89. The summed E-state index contributed by atoms with van der Waals surface area (Å²) in [4.78, 5) is 2.81. The standard InChI is InChI=1S/C13H24N2/c1-4-13(5-1)15(9-11-6-7-11)10-12-3-2-8-14-12/h11-14H,1-10H2. The zero-order chi connectivity index (χ0) is 10.1. The first-order valence-electron chi connectivity index (χ1n) is 6.89. The van der Waals surface area contributed by atoms with E-state index in [1.54, 1.807) is 0 Å². The fourth-order valence-corrected chi connectivity index (χ4v) is 2.95. The summed E-state index contributed by atoms with van der Waals surface area (Å²) in [7, 11) is 0. The van der Waals surface area contributed by atoms with Crippen molar-refractivity contribution in [2.24, 2.45) is 5.92 Å². The van der Waals surface area contributed by atoms with Crippen LogP contribution in [0.25, 0.3) is 0 Å². The normalized spacial score (nSPS) is 32.2. The quantitative estimate of drug-likeness (QED) is 0.743. The van der Waals surface area contributed by atoms with Crippen molar-refractivity contribution in [3.8, 4) is 0 Å². The van der Waals surface area contributed by atoms with E-state index in [4.69, 9.17) is 0 Å². The highest BCUT2D eigenvalue weighted by molar-refractivity contribution is 4.88. The number of hydrogen-bond donors (Lipinski definition) is 1. The Morgan fingerprint density at radius 1 is 0.933 bits per heavy atom. The predicted molar refractivity (Wildman–Crippen MR) is 63.0 cm³/mol. The van der Waals surface area contributed by atoms with Crippen LogP contribution in [0.1, 0.15) is 44.9 Å². The Hall–Kier alpha value is -0.0800. The van der Waals surface area contributed by atoms with E-state index < -0.39 is 0 Å². The fourth-order valence-electron chi connectivity index (χ4n) is 2.95. The molecule has 2 saturated carbocycles. The molecule has 2 heteroatoms. The summed E-state index contributed by atoms with van der Waals surface area (Å²) < 4.78 is 0. The van der Waals surface area contributed by atoms with Crippen molar-refractivity contribution in [3.05, 3.63) is 0 Å². The monoisotopic (exact) mass is 208 g/mol. The average Bonchev–Trinajstić information content (AvgIpc) is 2.78. The van der Waals surface area contributed by atoms with Crippen LogP contribution in [0.4, 0.5) is 0 Å². The summed E-state index contributed by atoms with van der Waals surface area (Å²) in [5, 5.41) is 3.64. The summed E-state index contributed by atoms with van der Waals surface area (Å²) in [5.74, 6) is 1.06. The Kier molecular flexibility index (Phi) is 2.98. The van der Waals surface area contributed by atoms with Gasteiger partial charge in [0.25, 0.3) is 0 Å². The van der Waals surface area contributed by atoms with Gasteiger partial charge in [0.15, 0.2) is 0 Å². The van der Waals surface area contributed by atoms with Gasteiger partial charge in [-0.2, -0.15) is 0 Å². The smallest absolute Gasteiger partial charge is 0.0195 e. The summed E-state index contributed by atoms with van der Waals surface area (Å²) in [5.41, 5.74) is 0. The third kappa shape index (κ3) is 2.54. The fraction of sp³-hybridized carbons (Fsp3) is 1.00. The molecule has 0 aromatic carbocycles. The van der Waals surface area contributed by atoms with E-state index in [1.165, 1.54) is 64.6 Å². The molecule has 1 aliphatic heterocycles. The maximum Gasteiger partial charge on any atom is 0.0195 e.